The maximum atomic E-state index is 12.6. The van der Waals surface area contributed by atoms with E-state index in [0.29, 0.717) is 0 Å². The molecule has 0 atom stereocenters. The molecule has 7 nitrogen and oxygen atoms in total. The fraction of sp³-hybridized carbons (Fsp3) is 0.571. The Hall–Kier alpha value is -1.99. The highest BCUT2D eigenvalue weighted by Gasteiger charge is 2.76. The highest BCUT2D eigenvalue weighted by atomic mass is 19.4. The second kappa shape index (κ2) is 5.09. The van der Waals surface area contributed by atoms with Crippen molar-refractivity contribution in [1.29, 1.82) is 0 Å². The molecule has 0 bridgehead atoms. The Labute approximate surface area is 110 Å². The van der Waals surface area contributed by atoms with Crippen molar-refractivity contribution in [1.82, 2.24) is 0 Å². The Balaban J connectivity index is 3.14. The first-order valence-corrected chi connectivity index (χ1v) is 4.75. The Morgan fingerprint density at radius 1 is 1.19 bits per heavy atom. The van der Waals surface area contributed by atoms with Crippen LogP contribution in [0.4, 0.5) is 26.3 Å². The molecule has 0 amide bonds. The molecule has 1 heterocycles. The lowest BCUT2D eigenvalue weighted by molar-refractivity contribution is -0.368. The summed E-state index contributed by atoms with van der Waals surface area (Å²) in [7, 11) is -3.10. The number of carboxylic acids is 1. The maximum absolute atomic E-state index is 12.6. The molecule has 0 spiro atoms. The number of rotatable bonds is 1. The number of hydrogen-bond donors (Lipinski definition) is 1. The van der Waals surface area contributed by atoms with Crippen LogP contribution in [0.3, 0.4) is 0 Å². The molecule has 0 saturated carbocycles. The van der Waals surface area contributed by atoms with Crippen LogP contribution in [-0.2, 0) is 28.3 Å². The number of carbonyl (C=O) groups excluding carboxylic acids is 2. The van der Waals surface area contributed by atoms with Gasteiger partial charge < -0.3 is 19.1 Å². The molecule has 14 heteroatoms. The van der Waals surface area contributed by atoms with Crippen LogP contribution in [0.1, 0.15) is 6.42 Å². The molecule has 1 saturated heterocycles. The van der Waals surface area contributed by atoms with E-state index in [1.807, 2.05) is 0 Å². The zero-order valence-corrected chi connectivity index (χ0v) is 9.45. The Morgan fingerprint density at radius 3 is 2.05 bits per heavy atom. The summed E-state index contributed by atoms with van der Waals surface area (Å²) in [5.74, 6) is -6.66. The molecule has 0 aromatic rings. The number of carboxylic acid groups (broad SMARTS) is 1. The molecular weight excluding hydrogens is 321 g/mol. The first kappa shape index (κ1) is 17.1. The molecule has 0 unspecified atom stereocenters. The minimum atomic E-state index is -6.10. The van der Waals surface area contributed by atoms with Crippen LogP contribution in [0.25, 0.3) is 0 Å². The van der Waals surface area contributed by atoms with Crippen LogP contribution >= 0.6 is 0 Å². The number of halogens is 6. The molecule has 0 aromatic carbocycles. The fourth-order valence-corrected chi connectivity index (χ4v) is 1.26. The quantitative estimate of drug-likeness (QED) is 0.424. The van der Waals surface area contributed by atoms with Crippen molar-refractivity contribution in [3.05, 3.63) is 0 Å². The minimum Gasteiger partial charge on any atom is -0.473 e. The topological polar surface area (TPSA) is 99.1 Å². The van der Waals surface area contributed by atoms with Gasteiger partial charge >= 0.3 is 31.6 Å². The monoisotopic (exact) mass is 324 g/mol. The average Bonchev–Trinajstić information content (AvgIpc) is 2.24. The summed E-state index contributed by atoms with van der Waals surface area (Å²) in [6.07, 6.45) is -14.5. The minimum absolute atomic E-state index is 2.04. The summed E-state index contributed by atoms with van der Waals surface area (Å²) in [4.78, 5) is 31.6. The van der Waals surface area contributed by atoms with Gasteiger partial charge in [0.25, 0.3) is 11.6 Å². The van der Waals surface area contributed by atoms with E-state index in [1.165, 1.54) is 0 Å². The lowest BCUT2D eigenvalue weighted by Crippen LogP contribution is -2.65. The summed E-state index contributed by atoms with van der Waals surface area (Å²) >= 11 is 0. The van der Waals surface area contributed by atoms with Crippen molar-refractivity contribution in [3.63, 3.8) is 0 Å². The molecular formula is C7H3BF6O7. The third kappa shape index (κ3) is 3.20. The van der Waals surface area contributed by atoms with Crippen molar-refractivity contribution in [2.24, 2.45) is 0 Å². The summed E-state index contributed by atoms with van der Waals surface area (Å²) in [5, 5.41) is 8.11. The number of hydrogen-bond acceptors (Lipinski definition) is 6. The summed E-state index contributed by atoms with van der Waals surface area (Å²) < 4.78 is 86.6. The van der Waals surface area contributed by atoms with E-state index in [2.05, 4.69) is 14.0 Å². The second-order valence-corrected chi connectivity index (χ2v) is 3.61. The van der Waals surface area contributed by atoms with Gasteiger partial charge in [-0.15, -0.1) is 0 Å². The molecule has 0 radical (unpaired) electrons. The SMILES string of the molecule is O=C1CC(C(F)(F)F)(C(F)(F)F)OB(OC(=O)C(=O)O)O1. The van der Waals surface area contributed by atoms with Gasteiger partial charge in [-0.3, -0.25) is 4.79 Å². The highest BCUT2D eigenvalue weighted by molar-refractivity contribution is 6.47. The van der Waals surface area contributed by atoms with Gasteiger partial charge in [0, 0.05) is 0 Å². The van der Waals surface area contributed by atoms with Gasteiger partial charge in [-0.2, -0.15) is 26.3 Å². The van der Waals surface area contributed by atoms with E-state index >= 15 is 0 Å². The van der Waals surface area contributed by atoms with Gasteiger partial charge in [0.2, 0.25) is 0 Å². The molecule has 1 N–H and O–H groups in total. The van der Waals surface area contributed by atoms with Crippen LogP contribution < -0.4 is 0 Å². The maximum Gasteiger partial charge on any atom is 0.793 e. The van der Waals surface area contributed by atoms with Crippen molar-refractivity contribution in [2.75, 3.05) is 0 Å². The van der Waals surface area contributed by atoms with Crippen LogP contribution in [0.5, 0.6) is 0 Å². The Kier molecular flexibility index (Phi) is 4.14. The Bertz CT molecular complexity index is 457. The first-order valence-electron chi connectivity index (χ1n) is 4.75. The molecule has 21 heavy (non-hydrogen) atoms. The van der Waals surface area contributed by atoms with E-state index in [9.17, 15) is 40.7 Å². The van der Waals surface area contributed by atoms with Crippen molar-refractivity contribution in [3.8, 4) is 0 Å². The fourth-order valence-electron chi connectivity index (χ4n) is 1.26. The predicted octanol–water partition coefficient (Wildman–Crippen LogP) is 0.426. The molecule has 0 aliphatic carbocycles. The summed E-state index contributed by atoms with van der Waals surface area (Å²) in [6.45, 7) is 0. The summed E-state index contributed by atoms with van der Waals surface area (Å²) in [6, 6.07) is 0. The van der Waals surface area contributed by atoms with Crippen molar-refractivity contribution >= 4 is 25.2 Å². The molecule has 1 fully saturated rings. The van der Waals surface area contributed by atoms with Crippen LogP contribution in [0.2, 0.25) is 0 Å². The summed E-state index contributed by atoms with van der Waals surface area (Å²) in [5.41, 5.74) is -4.97. The molecule has 1 aliphatic rings. The zero-order valence-electron chi connectivity index (χ0n) is 9.45. The molecule has 118 valence electrons. The van der Waals surface area contributed by atoms with Gasteiger partial charge in [0.15, 0.2) is 0 Å². The smallest absolute Gasteiger partial charge is 0.473 e. The zero-order chi connectivity index (χ0) is 16.6. The van der Waals surface area contributed by atoms with Crippen LogP contribution in [0.15, 0.2) is 0 Å². The van der Waals surface area contributed by atoms with Gasteiger partial charge in [-0.05, 0) is 0 Å². The highest BCUT2D eigenvalue weighted by Crippen LogP contribution is 2.50. The molecule has 0 aromatic heterocycles. The van der Waals surface area contributed by atoms with Crippen molar-refractivity contribution in [2.45, 2.75) is 24.4 Å². The van der Waals surface area contributed by atoms with E-state index in [0.717, 1.165) is 0 Å². The first-order chi connectivity index (χ1) is 9.30. The lowest BCUT2D eigenvalue weighted by Gasteiger charge is -2.39. The average molecular weight is 324 g/mol. The normalized spacial score (nSPS) is 19.0. The number of alkyl halides is 6. The van der Waals surface area contributed by atoms with Gasteiger partial charge in [0.05, 0.1) is 6.42 Å². The van der Waals surface area contributed by atoms with Gasteiger partial charge in [-0.1, -0.05) is 0 Å². The van der Waals surface area contributed by atoms with E-state index in [4.69, 9.17) is 5.11 Å². The standard InChI is InChI=1S/C7H3BF6O7/c9-6(10,11)5(7(12,13)14)1-2(15)19-8(21-5)20-4(18)3(16)17/h1H2,(H,16,17). The van der Waals surface area contributed by atoms with E-state index in [-0.39, 0.29) is 0 Å². The number of aliphatic carboxylic acids is 1. The van der Waals surface area contributed by atoms with Crippen molar-refractivity contribution < 1.29 is 59.8 Å². The Morgan fingerprint density at radius 2 is 1.67 bits per heavy atom. The second-order valence-electron chi connectivity index (χ2n) is 3.61. The third-order valence-corrected chi connectivity index (χ3v) is 2.21. The van der Waals surface area contributed by atoms with E-state index in [1.54, 1.807) is 0 Å². The third-order valence-electron chi connectivity index (χ3n) is 2.21. The molecule has 1 rings (SSSR count). The lowest BCUT2D eigenvalue weighted by atomic mass is 9.92. The van der Waals surface area contributed by atoms with Crippen LogP contribution in [-0.4, -0.2) is 48.3 Å². The largest absolute Gasteiger partial charge is 0.793 e. The van der Waals surface area contributed by atoms with Crippen LogP contribution in [0, 0.1) is 0 Å². The predicted molar refractivity (Wildman–Crippen MR) is 46.1 cm³/mol. The van der Waals surface area contributed by atoms with Gasteiger partial charge in [-0.25, -0.2) is 9.59 Å². The molecule has 1 aliphatic heterocycles. The van der Waals surface area contributed by atoms with E-state index < -0.39 is 49.6 Å². The van der Waals surface area contributed by atoms with Gasteiger partial charge in [0.1, 0.15) is 0 Å². The number of carbonyl (C=O) groups is 3.